The van der Waals surface area contributed by atoms with E-state index in [0.29, 0.717) is 0 Å². The number of nitrogens with zero attached hydrogens (tertiary/aromatic N) is 2. The average Bonchev–Trinajstić information content (AvgIpc) is 3.23. The molecule has 0 amide bonds. The Morgan fingerprint density at radius 3 is 2.54 bits per heavy atom. The quantitative estimate of drug-likeness (QED) is 0.756. The second kappa shape index (κ2) is 9.02. The van der Waals surface area contributed by atoms with Crippen molar-refractivity contribution >= 4 is 11.4 Å². The summed E-state index contributed by atoms with van der Waals surface area (Å²) in [5.74, 6) is 0.816. The SMILES string of the molecule is CC1CCN(c2cc(C3(OCCN4CCCC4)CCOCC3)ccc2N)CC1. The van der Waals surface area contributed by atoms with Crippen molar-refractivity contribution in [3.63, 3.8) is 0 Å². The number of piperidine rings is 1. The highest BCUT2D eigenvalue weighted by Gasteiger charge is 2.36. The number of benzene rings is 1. The topological polar surface area (TPSA) is 51.0 Å². The third-order valence-electron chi connectivity index (χ3n) is 6.97. The van der Waals surface area contributed by atoms with E-state index in [4.69, 9.17) is 15.2 Å². The van der Waals surface area contributed by atoms with Gasteiger partial charge in [0.25, 0.3) is 0 Å². The molecule has 1 aromatic carbocycles. The third-order valence-corrected chi connectivity index (χ3v) is 6.97. The fraction of sp³-hybridized carbons (Fsp3) is 0.739. The fourth-order valence-electron chi connectivity index (χ4n) is 4.94. The Morgan fingerprint density at radius 2 is 1.82 bits per heavy atom. The summed E-state index contributed by atoms with van der Waals surface area (Å²) in [6.07, 6.45) is 6.99. The molecule has 0 aromatic heterocycles. The van der Waals surface area contributed by atoms with E-state index in [1.807, 2.05) is 0 Å². The third kappa shape index (κ3) is 4.47. The van der Waals surface area contributed by atoms with E-state index in [9.17, 15) is 0 Å². The van der Waals surface area contributed by atoms with Crippen LogP contribution in [0.4, 0.5) is 11.4 Å². The normalized spacial score (nSPS) is 24.0. The van der Waals surface area contributed by atoms with Gasteiger partial charge in [0.1, 0.15) is 0 Å². The summed E-state index contributed by atoms with van der Waals surface area (Å²) < 4.78 is 12.3. The Labute approximate surface area is 170 Å². The summed E-state index contributed by atoms with van der Waals surface area (Å²) in [5, 5.41) is 0. The number of nitrogen functional groups attached to an aromatic ring is 1. The van der Waals surface area contributed by atoms with Crippen molar-refractivity contribution in [2.75, 3.05) is 63.2 Å². The minimum Gasteiger partial charge on any atom is -0.397 e. The number of hydrogen-bond acceptors (Lipinski definition) is 5. The molecule has 4 rings (SSSR count). The lowest BCUT2D eigenvalue weighted by molar-refractivity contribution is -0.119. The molecule has 0 unspecified atom stereocenters. The molecule has 1 aromatic rings. The lowest BCUT2D eigenvalue weighted by Gasteiger charge is -2.39. The second-order valence-electron chi connectivity index (χ2n) is 8.95. The Bertz CT molecular complexity index is 631. The Morgan fingerprint density at radius 1 is 1.11 bits per heavy atom. The summed E-state index contributed by atoms with van der Waals surface area (Å²) in [7, 11) is 0. The van der Waals surface area contributed by atoms with Gasteiger partial charge in [0, 0.05) is 45.7 Å². The monoisotopic (exact) mass is 387 g/mol. The molecule has 156 valence electrons. The molecule has 3 saturated heterocycles. The largest absolute Gasteiger partial charge is 0.397 e. The van der Waals surface area contributed by atoms with Gasteiger partial charge >= 0.3 is 0 Å². The van der Waals surface area contributed by atoms with Crippen LogP contribution in [0.1, 0.15) is 51.0 Å². The number of nitrogens with two attached hydrogens (primary N) is 1. The minimum absolute atomic E-state index is 0.233. The van der Waals surface area contributed by atoms with Crippen LogP contribution in [0, 0.1) is 5.92 Å². The van der Waals surface area contributed by atoms with Crippen molar-refractivity contribution in [1.29, 1.82) is 0 Å². The van der Waals surface area contributed by atoms with Crippen LogP contribution in [0.3, 0.4) is 0 Å². The molecular formula is C23H37N3O2. The highest BCUT2D eigenvalue weighted by atomic mass is 16.5. The van der Waals surface area contributed by atoms with Crippen LogP contribution in [0.25, 0.3) is 0 Å². The Balaban J connectivity index is 1.51. The maximum atomic E-state index is 6.64. The van der Waals surface area contributed by atoms with E-state index in [2.05, 4.69) is 34.9 Å². The molecule has 3 aliphatic rings. The number of hydrogen-bond donors (Lipinski definition) is 1. The highest BCUT2D eigenvalue weighted by Crippen LogP contribution is 2.40. The van der Waals surface area contributed by atoms with Gasteiger partial charge in [-0.15, -0.1) is 0 Å². The number of ether oxygens (including phenoxy) is 2. The molecule has 3 heterocycles. The number of anilines is 2. The molecular weight excluding hydrogens is 350 g/mol. The van der Waals surface area contributed by atoms with E-state index in [1.54, 1.807) is 0 Å². The van der Waals surface area contributed by atoms with Crippen LogP contribution in [-0.4, -0.2) is 57.4 Å². The van der Waals surface area contributed by atoms with Crippen LogP contribution in [0.2, 0.25) is 0 Å². The first-order valence-corrected chi connectivity index (χ1v) is 11.3. The predicted molar refractivity (Wildman–Crippen MR) is 115 cm³/mol. The maximum absolute atomic E-state index is 6.64. The molecule has 0 aliphatic carbocycles. The smallest absolute Gasteiger partial charge is 0.0976 e. The lowest BCUT2D eigenvalue weighted by atomic mass is 9.85. The summed E-state index contributed by atoms with van der Waals surface area (Å²) in [6, 6.07) is 6.59. The van der Waals surface area contributed by atoms with Gasteiger partial charge in [0.15, 0.2) is 0 Å². The van der Waals surface area contributed by atoms with E-state index < -0.39 is 0 Å². The first-order chi connectivity index (χ1) is 13.7. The number of likely N-dealkylation sites (tertiary alicyclic amines) is 1. The zero-order valence-electron chi connectivity index (χ0n) is 17.5. The first-order valence-electron chi connectivity index (χ1n) is 11.3. The summed E-state index contributed by atoms with van der Waals surface area (Å²) in [6.45, 7) is 10.4. The zero-order chi connectivity index (χ0) is 19.4. The van der Waals surface area contributed by atoms with Gasteiger partial charge in [-0.3, -0.25) is 0 Å². The van der Waals surface area contributed by atoms with Crippen LogP contribution >= 0.6 is 0 Å². The summed E-state index contributed by atoms with van der Waals surface area (Å²) >= 11 is 0. The molecule has 0 atom stereocenters. The van der Waals surface area contributed by atoms with E-state index in [1.165, 1.54) is 50.0 Å². The van der Waals surface area contributed by atoms with E-state index >= 15 is 0 Å². The van der Waals surface area contributed by atoms with Crippen molar-refractivity contribution in [2.24, 2.45) is 5.92 Å². The highest BCUT2D eigenvalue weighted by molar-refractivity contribution is 5.69. The van der Waals surface area contributed by atoms with E-state index in [-0.39, 0.29) is 5.60 Å². The van der Waals surface area contributed by atoms with Gasteiger partial charge < -0.3 is 25.0 Å². The van der Waals surface area contributed by atoms with Gasteiger partial charge in [-0.1, -0.05) is 13.0 Å². The maximum Gasteiger partial charge on any atom is 0.0976 e. The van der Waals surface area contributed by atoms with Crippen LogP contribution in [0.5, 0.6) is 0 Å². The molecule has 0 spiro atoms. The van der Waals surface area contributed by atoms with Gasteiger partial charge in [-0.2, -0.15) is 0 Å². The summed E-state index contributed by atoms with van der Waals surface area (Å²) in [4.78, 5) is 4.99. The minimum atomic E-state index is -0.233. The van der Waals surface area contributed by atoms with Crippen molar-refractivity contribution in [3.8, 4) is 0 Å². The van der Waals surface area contributed by atoms with Crippen molar-refractivity contribution in [2.45, 2.75) is 51.0 Å². The summed E-state index contributed by atoms with van der Waals surface area (Å²) in [5.41, 5.74) is 9.52. The van der Waals surface area contributed by atoms with Crippen LogP contribution < -0.4 is 10.6 Å². The Kier molecular flexibility index (Phi) is 6.44. The average molecular weight is 388 g/mol. The molecule has 3 aliphatic heterocycles. The molecule has 0 bridgehead atoms. The molecule has 0 radical (unpaired) electrons. The first kappa shape index (κ1) is 20.0. The zero-order valence-corrected chi connectivity index (χ0v) is 17.5. The lowest BCUT2D eigenvalue weighted by Crippen LogP contribution is -2.39. The standard InChI is InChI=1S/C23H37N3O2/c1-19-6-12-26(13-7-19)22-18-20(4-5-21(22)24)23(8-15-27-16-9-23)28-17-14-25-10-2-3-11-25/h4-5,18-19H,2-3,6-17,24H2,1H3. The molecule has 5 nitrogen and oxygen atoms in total. The van der Waals surface area contributed by atoms with Crippen LogP contribution in [-0.2, 0) is 15.1 Å². The Hall–Kier alpha value is -1.30. The van der Waals surface area contributed by atoms with Gasteiger partial charge in [0.2, 0.25) is 0 Å². The molecule has 3 fully saturated rings. The van der Waals surface area contributed by atoms with Gasteiger partial charge in [0.05, 0.1) is 23.6 Å². The van der Waals surface area contributed by atoms with Crippen molar-refractivity contribution in [1.82, 2.24) is 4.90 Å². The fourth-order valence-corrected chi connectivity index (χ4v) is 4.94. The van der Waals surface area contributed by atoms with Crippen molar-refractivity contribution in [3.05, 3.63) is 23.8 Å². The molecule has 28 heavy (non-hydrogen) atoms. The predicted octanol–water partition coefficient (Wildman–Crippen LogP) is 3.62. The second-order valence-corrected chi connectivity index (χ2v) is 8.95. The van der Waals surface area contributed by atoms with Crippen molar-refractivity contribution < 1.29 is 9.47 Å². The molecule has 2 N–H and O–H groups in total. The molecule has 5 heteroatoms. The van der Waals surface area contributed by atoms with E-state index in [0.717, 1.165) is 63.9 Å². The van der Waals surface area contributed by atoms with Crippen LogP contribution in [0.15, 0.2) is 18.2 Å². The van der Waals surface area contributed by atoms with Gasteiger partial charge in [-0.05, 0) is 62.4 Å². The molecule has 0 saturated carbocycles. The van der Waals surface area contributed by atoms with Gasteiger partial charge in [-0.25, -0.2) is 0 Å². The number of rotatable bonds is 6.